The summed E-state index contributed by atoms with van der Waals surface area (Å²) in [6, 6.07) is 7.65. The Balaban J connectivity index is 2.24. The molecule has 0 unspecified atom stereocenters. The Morgan fingerprint density at radius 2 is 1.94 bits per heavy atom. The molecule has 0 saturated heterocycles. The van der Waals surface area contributed by atoms with Crippen molar-refractivity contribution in [3.8, 4) is 5.75 Å². The Hall–Kier alpha value is -2.04. The molecule has 5 nitrogen and oxygen atoms in total. The van der Waals surface area contributed by atoms with E-state index in [-0.39, 0.29) is 25.5 Å². The SMILES string of the molecule is CCc1ccc(OCCC(=O)NCC(=O)O)cc1. The molecule has 18 heavy (non-hydrogen) atoms. The van der Waals surface area contributed by atoms with E-state index in [0.717, 1.165) is 6.42 Å². The van der Waals surface area contributed by atoms with Gasteiger partial charge in [0, 0.05) is 0 Å². The summed E-state index contributed by atoms with van der Waals surface area (Å²) in [5.74, 6) is -0.680. The number of amides is 1. The summed E-state index contributed by atoms with van der Waals surface area (Å²) in [5.41, 5.74) is 1.22. The molecule has 0 aromatic heterocycles. The van der Waals surface area contributed by atoms with E-state index in [1.807, 2.05) is 24.3 Å². The minimum Gasteiger partial charge on any atom is -0.493 e. The van der Waals surface area contributed by atoms with Crippen molar-refractivity contribution in [1.29, 1.82) is 0 Å². The van der Waals surface area contributed by atoms with Crippen LogP contribution < -0.4 is 10.1 Å². The van der Waals surface area contributed by atoms with Crippen molar-refractivity contribution in [1.82, 2.24) is 5.32 Å². The fourth-order valence-electron chi connectivity index (χ4n) is 1.35. The molecule has 0 fully saturated rings. The van der Waals surface area contributed by atoms with Crippen molar-refractivity contribution in [2.45, 2.75) is 19.8 Å². The first-order valence-corrected chi connectivity index (χ1v) is 5.82. The minimum absolute atomic E-state index is 0.142. The third kappa shape index (κ3) is 5.34. The molecular weight excluding hydrogens is 234 g/mol. The zero-order valence-electron chi connectivity index (χ0n) is 10.3. The average molecular weight is 251 g/mol. The number of carbonyl (C=O) groups is 2. The van der Waals surface area contributed by atoms with Crippen LogP contribution in [-0.2, 0) is 16.0 Å². The van der Waals surface area contributed by atoms with Crippen LogP contribution >= 0.6 is 0 Å². The molecule has 0 atom stereocenters. The van der Waals surface area contributed by atoms with Crippen LogP contribution in [-0.4, -0.2) is 30.1 Å². The van der Waals surface area contributed by atoms with Gasteiger partial charge in [-0.15, -0.1) is 0 Å². The number of nitrogens with one attached hydrogen (secondary N) is 1. The van der Waals surface area contributed by atoms with Gasteiger partial charge in [0.05, 0.1) is 13.0 Å². The normalized spacial score (nSPS) is 9.83. The number of ether oxygens (including phenoxy) is 1. The van der Waals surface area contributed by atoms with Crippen LogP contribution in [0.4, 0.5) is 0 Å². The van der Waals surface area contributed by atoms with E-state index >= 15 is 0 Å². The second kappa shape index (κ2) is 7.32. The Morgan fingerprint density at radius 3 is 2.50 bits per heavy atom. The Morgan fingerprint density at radius 1 is 1.28 bits per heavy atom. The summed E-state index contributed by atoms with van der Waals surface area (Å²) in [7, 11) is 0. The lowest BCUT2D eigenvalue weighted by atomic mass is 10.2. The Bertz CT molecular complexity index is 400. The number of carbonyl (C=O) groups excluding carboxylic acids is 1. The van der Waals surface area contributed by atoms with Crippen molar-refractivity contribution in [3.05, 3.63) is 29.8 Å². The number of benzene rings is 1. The van der Waals surface area contributed by atoms with Gasteiger partial charge in [0.2, 0.25) is 5.91 Å². The van der Waals surface area contributed by atoms with E-state index in [1.54, 1.807) is 0 Å². The quantitative estimate of drug-likeness (QED) is 0.764. The number of hydrogen-bond donors (Lipinski definition) is 2. The minimum atomic E-state index is -1.06. The molecule has 1 amide bonds. The molecule has 0 aliphatic carbocycles. The van der Waals surface area contributed by atoms with Gasteiger partial charge >= 0.3 is 5.97 Å². The number of carboxylic acids is 1. The highest BCUT2D eigenvalue weighted by molar-refractivity contribution is 5.81. The predicted octanol–water partition coefficient (Wildman–Crippen LogP) is 1.22. The fraction of sp³-hybridized carbons (Fsp3) is 0.385. The topological polar surface area (TPSA) is 75.6 Å². The Kier molecular flexibility index (Phi) is 5.70. The number of aryl methyl sites for hydroxylation is 1. The largest absolute Gasteiger partial charge is 0.493 e. The molecule has 0 heterocycles. The van der Waals surface area contributed by atoms with E-state index in [4.69, 9.17) is 9.84 Å². The smallest absolute Gasteiger partial charge is 0.322 e. The van der Waals surface area contributed by atoms with Gasteiger partial charge in [0.1, 0.15) is 12.3 Å². The molecule has 1 rings (SSSR count). The lowest BCUT2D eigenvalue weighted by Gasteiger charge is -2.06. The predicted molar refractivity (Wildman–Crippen MR) is 66.6 cm³/mol. The van der Waals surface area contributed by atoms with E-state index in [1.165, 1.54) is 5.56 Å². The first-order valence-electron chi connectivity index (χ1n) is 5.82. The lowest BCUT2D eigenvalue weighted by molar-refractivity contribution is -0.138. The van der Waals surface area contributed by atoms with Gasteiger partial charge in [0.15, 0.2) is 0 Å². The third-order valence-electron chi connectivity index (χ3n) is 2.37. The molecule has 98 valence electrons. The molecule has 0 radical (unpaired) electrons. The molecule has 0 aliphatic rings. The summed E-state index contributed by atoms with van der Waals surface area (Å²) >= 11 is 0. The van der Waals surface area contributed by atoms with Crippen molar-refractivity contribution < 1.29 is 19.4 Å². The molecule has 2 N–H and O–H groups in total. The van der Waals surface area contributed by atoms with Gasteiger partial charge < -0.3 is 15.2 Å². The van der Waals surface area contributed by atoms with E-state index in [9.17, 15) is 9.59 Å². The molecule has 0 aliphatic heterocycles. The second-order valence-corrected chi connectivity index (χ2v) is 3.77. The molecule has 1 aromatic rings. The number of rotatable bonds is 7. The molecular formula is C13H17NO4. The standard InChI is InChI=1S/C13H17NO4/c1-2-10-3-5-11(6-4-10)18-8-7-12(15)14-9-13(16)17/h3-6H,2,7-9H2,1H3,(H,14,15)(H,16,17). The van der Waals surface area contributed by atoms with Gasteiger partial charge in [-0.3, -0.25) is 9.59 Å². The summed E-state index contributed by atoms with van der Waals surface area (Å²) in [5, 5.41) is 10.6. The van der Waals surface area contributed by atoms with Crippen molar-refractivity contribution in [3.63, 3.8) is 0 Å². The van der Waals surface area contributed by atoms with E-state index in [2.05, 4.69) is 12.2 Å². The van der Waals surface area contributed by atoms with Crippen molar-refractivity contribution in [2.24, 2.45) is 0 Å². The van der Waals surface area contributed by atoms with Crippen LogP contribution in [0.3, 0.4) is 0 Å². The van der Waals surface area contributed by atoms with Gasteiger partial charge in [-0.05, 0) is 24.1 Å². The van der Waals surface area contributed by atoms with Gasteiger partial charge in [-0.2, -0.15) is 0 Å². The van der Waals surface area contributed by atoms with E-state index < -0.39 is 5.97 Å². The molecule has 0 saturated carbocycles. The van der Waals surface area contributed by atoms with Gasteiger partial charge in [-0.25, -0.2) is 0 Å². The molecule has 0 spiro atoms. The van der Waals surface area contributed by atoms with Crippen LogP contribution in [0.5, 0.6) is 5.75 Å². The van der Waals surface area contributed by atoms with Gasteiger partial charge in [0.25, 0.3) is 0 Å². The highest BCUT2D eigenvalue weighted by Gasteiger charge is 2.04. The van der Waals surface area contributed by atoms with Crippen LogP contribution in [0.2, 0.25) is 0 Å². The van der Waals surface area contributed by atoms with Crippen LogP contribution in [0.25, 0.3) is 0 Å². The fourth-order valence-corrected chi connectivity index (χ4v) is 1.35. The van der Waals surface area contributed by atoms with E-state index in [0.29, 0.717) is 5.75 Å². The monoisotopic (exact) mass is 251 g/mol. The third-order valence-corrected chi connectivity index (χ3v) is 2.37. The van der Waals surface area contributed by atoms with Crippen molar-refractivity contribution >= 4 is 11.9 Å². The zero-order chi connectivity index (χ0) is 13.4. The summed E-state index contributed by atoms with van der Waals surface area (Å²) < 4.78 is 5.37. The maximum Gasteiger partial charge on any atom is 0.322 e. The average Bonchev–Trinajstić information content (AvgIpc) is 2.37. The number of hydrogen-bond acceptors (Lipinski definition) is 3. The maximum absolute atomic E-state index is 11.2. The summed E-state index contributed by atoms with van der Waals surface area (Å²) in [4.78, 5) is 21.4. The van der Waals surface area contributed by atoms with Crippen LogP contribution in [0.1, 0.15) is 18.9 Å². The first kappa shape index (κ1) is 14.0. The Labute approximate surface area is 106 Å². The summed E-state index contributed by atoms with van der Waals surface area (Å²) in [6.45, 7) is 1.95. The van der Waals surface area contributed by atoms with Crippen LogP contribution in [0.15, 0.2) is 24.3 Å². The van der Waals surface area contributed by atoms with Crippen molar-refractivity contribution in [2.75, 3.05) is 13.2 Å². The maximum atomic E-state index is 11.2. The zero-order valence-corrected chi connectivity index (χ0v) is 10.3. The second-order valence-electron chi connectivity index (χ2n) is 3.77. The summed E-state index contributed by atoms with van der Waals surface area (Å²) in [6.07, 6.45) is 1.11. The number of aliphatic carboxylic acids is 1. The van der Waals surface area contributed by atoms with Crippen LogP contribution in [0, 0.1) is 0 Å². The van der Waals surface area contributed by atoms with Gasteiger partial charge in [-0.1, -0.05) is 19.1 Å². The first-order chi connectivity index (χ1) is 8.61. The molecule has 5 heteroatoms. The number of carboxylic acid groups (broad SMARTS) is 1. The molecule has 1 aromatic carbocycles. The highest BCUT2D eigenvalue weighted by atomic mass is 16.5. The lowest BCUT2D eigenvalue weighted by Crippen LogP contribution is -2.30. The highest BCUT2D eigenvalue weighted by Crippen LogP contribution is 2.12. The molecule has 0 bridgehead atoms.